The Bertz CT molecular complexity index is 1770. The van der Waals surface area contributed by atoms with Gasteiger partial charge in [-0.05, 0) is 72.5 Å². The maximum atomic E-state index is 14.6. The molecule has 1 aliphatic carbocycles. The lowest BCUT2D eigenvalue weighted by atomic mass is 9.94. The third kappa shape index (κ3) is 8.91. The van der Waals surface area contributed by atoms with Crippen molar-refractivity contribution in [2.24, 2.45) is 0 Å². The van der Waals surface area contributed by atoms with Crippen molar-refractivity contribution >= 4 is 50.7 Å². The number of para-hydroxylation sites is 1. The zero-order valence-corrected chi connectivity index (χ0v) is 28.0. The average molecular weight is 697 g/mol. The second-order valence-corrected chi connectivity index (χ2v) is 14.3. The molecule has 246 valence electrons. The van der Waals surface area contributed by atoms with Crippen LogP contribution < -0.4 is 9.62 Å². The molecule has 4 aromatic carbocycles. The van der Waals surface area contributed by atoms with Crippen molar-refractivity contribution in [3.63, 3.8) is 0 Å². The van der Waals surface area contributed by atoms with Crippen LogP contribution in [0.2, 0.25) is 10.0 Å². The van der Waals surface area contributed by atoms with Gasteiger partial charge in [-0.3, -0.25) is 13.9 Å². The van der Waals surface area contributed by atoms with Crippen molar-refractivity contribution < 1.29 is 22.4 Å². The fourth-order valence-corrected chi connectivity index (χ4v) is 7.67. The first kappa shape index (κ1) is 34.4. The van der Waals surface area contributed by atoms with E-state index in [9.17, 15) is 22.4 Å². The van der Waals surface area contributed by atoms with Crippen molar-refractivity contribution in [2.75, 3.05) is 10.8 Å². The molecule has 1 saturated carbocycles. The van der Waals surface area contributed by atoms with Gasteiger partial charge in [0.15, 0.2) is 0 Å². The Morgan fingerprint density at radius 1 is 0.851 bits per heavy atom. The highest BCUT2D eigenvalue weighted by Gasteiger charge is 2.35. The van der Waals surface area contributed by atoms with Gasteiger partial charge >= 0.3 is 0 Å². The maximum absolute atomic E-state index is 14.6. The SMILES string of the molecule is O=C(NC1CCCCC1)[C@@H](Cc1ccccc1)N(Cc1ccc(Cl)cc1Cl)C(=O)CN(c1ccccc1)S(=O)(=O)c1ccc(F)cc1. The molecule has 5 rings (SSSR count). The molecule has 0 saturated heterocycles. The van der Waals surface area contributed by atoms with Crippen LogP contribution in [0.5, 0.6) is 0 Å². The number of anilines is 1. The van der Waals surface area contributed by atoms with Gasteiger partial charge in [-0.15, -0.1) is 0 Å². The number of nitrogens with zero attached hydrogens (tertiary/aromatic N) is 2. The number of benzene rings is 4. The summed E-state index contributed by atoms with van der Waals surface area (Å²) in [4.78, 5) is 30.0. The molecule has 1 fully saturated rings. The molecule has 1 aliphatic rings. The lowest BCUT2D eigenvalue weighted by molar-refractivity contribution is -0.140. The minimum Gasteiger partial charge on any atom is -0.352 e. The van der Waals surface area contributed by atoms with Crippen molar-refractivity contribution in [3.05, 3.63) is 130 Å². The normalized spacial score (nSPS) is 14.3. The van der Waals surface area contributed by atoms with E-state index >= 15 is 0 Å². The summed E-state index contributed by atoms with van der Waals surface area (Å²) in [5.74, 6) is -1.54. The predicted molar refractivity (Wildman–Crippen MR) is 183 cm³/mol. The second kappa shape index (κ2) is 15.8. The zero-order chi connectivity index (χ0) is 33.4. The molecule has 0 spiro atoms. The van der Waals surface area contributed by atoms with Crippen LogP contribution in [0.15, 0.2) is 108 Å². The van der Waals surface area contributed by atoms with Crippen LogP contribution in [0.1, 0.15) is 43.2 Å². The molecule has 1 N–H and O–H groups in total. The molecule has 0 radical (unpaired) electrons. The van der Waals surface area contributed by atoms with Crippen LogP contribution in [-0.2, 0) is 32.6 Å². The molecular formula is C36H36Cl2FN3O4S. The van der Waals surface area contributed by atoms with Crippen LogP contribution in [0.3, 0.4) is 0 Å². The molecule has 0 unspecified atom stereocenters. The molecule has 1 atom stereocenters. The third-order valence-electron chi connectivity index (χ3n) is 8.30. The lowest BCUT2D eigenvalue weighted by Gasteiger charge is -2.35. The van der Waals surface area contributed by atoms with Crippen LogP contribution in [-0.4, -0.2) is 43.8 Å². The minimum absolute atomic E-state index is 0.0229. The number of hydrogen-bond donors (Lipinski definition) is 1. The first-order valence-corrected chi connectivity index (χ1v) is 17.7. The van der Waals surface area contributed by atoms with E-state index in [1.165, 1.54) is 4.90 Å². The maximum Gasteiger partial charge on any atom is 0.264 e. The Hall–Kier alpha value is -3.92. The number of hydrogen-bond acceptors (Lipinski definition) is 4. The molecular weight excluding hydrogens is 660 g/mol. The van der Waals surface area contributed by atoms with Gasteiger partial charge in [0.05, 0.1) is 10.6 Å². The highest BCUT2D eigenvalue weighted by Crippen LogP contribution is 2.28. The highest BCUT2D eigenvalue weighted by atomic mass is 35.5. The molecule has 0 aliphatic heterocycles. The van der Waals surface area contributed by atoms with E-state index in [2.05, 4.69) is 5.32 Å². The lowest BCUT2D eigenvalue weighted by Crippen LogP contribution is -2.55. The molecule has 0 heterocycles. The Balaban J connectivity index is 1.56. The number of amides is 2. The summed E-state index contributed by atoms with van der Waals surface area (Å²) in [7, 11) is -4.34. The summed E-state index contributed by atoms with van der Waals surface area (Å²) >= 11 is 12.8. The number of nitrogens with one attached hydrogen (secondary N) is 1. The van der Waals surface area contributed by atoms with Crippen molar-refractivity contribution in [3.8, 4) is 0 Å². The molecule has 4 aromatic rings. The van der Waals surface area contributed by atoms with Crippen molar-refractivity contribution in [2.45, 2.75) is 62.0 Å². The Morgan fingerprint density at radius 3 is 2.13 bits per heavy atom. The largest absolute Gasteiger partial charge is 0.352 e. The Kier molecular flexibility index (Phi) is 11.6. The molecule has 2 amide bonds. The number of sulfonamides is 1. The third-order valence-corrected chi connectivity index (χ3v) is 10.7. The topological polar surface area (TPSA) is 86.8 Å². The summed E-state index contributed by atoms with van der Waals surface area (Å²) in [5.41, 5.74) is 1.61. The molecule has 7 nitrogen and oxygen atoms in total. The molecule has 47 heavy (non-hydrogen) atoms. The smallest absolute Gasteiger partial charge is 0.264 e. The van der Waals surface area contributed by atoms with Gasteiger partial charge in [-0.25, -0.2) is 12.8 Å². The van der Waals surface area contributed by atoms with Gasteiger partial charge in [-0.1, -0.05) is 97.1 Å². The summed E-state index contributed by atoms with van der Waals surface area (Å²) < 4.78 is 42.8. The van der Waals surface area contributed by atoms with Gasteiger partial charge in [-0.2, -0.15) is 0 Å². The standard InChI is InChI=1S/C36H36Cl2FN3O4S/c37-28-17-16-27(33(38)23-28)24-41(34(22-26-10-4-1-5-11-26)36(44)40-30-12-6-2-7-13-30)35(43)25-42(31-14-8-3-9-15-31)47(45,46)32-20-18-29(39)19-21-32/h1,3-5,8-11,14-21,23,30,34H,2,6-7,12-13,22,24-25H2,(H,40,44)/t34-/m1/s1. The quantitative estimate of drug-likeness (QED) is 0.167. The fourth-order valence-electron chi connectivity index (χ4n) is 5.79. The predicted octanol–water partition coefficient (Wildman–Crippen LogP) is 7.42. The van der Waals surface area contributed by atoms with Gasteiger partial charge in [0.1, 0.15) is 18.4 Å². The molecule has 0 aromatic heterocycles. The van der Waals surface area contributed by atoms with E-state index in [-0.39, 0.29) is 35.5 Å². The molecule has 11 heteroatoms. The van der Waals surface area contributed by atoms with Gasteiger partial charge in [0.2, 0.25) is 11.8 Å². The summed E-state index contributed by atoms with van der Waals surface area (Å²) in [6.07, 6.45) is 5.00. The van der Waals surface area contributed by atoms with Crippen LogP contribution in [0.25, 0.3) is 0 Å². The number of halogens is 3. The van der Waals surface area contributed by atoms with Crippen molar-refractivity contribution in [1.29, 1.82) is 0 Å². The van der Waals surface area contributed by atoms with Crippen LogP contribution in [0, 0.1) is 5.82 Å². The fraction of sp³-hybridized carbons (Fsp3) is 0.278. The minimum atomic E-state index is -4.34. The Morgan fingerprint density at radius 2 is 1.49 bits per heavy atom. The van der Waals surface area contributed by atoms with Crippen molar-refractivity contribution in [1.82, 2.24) is 10.2 Å². The Labute approximate surface area is 285 Å². The van der Waals surface area contributed by atoms with E-state index < -0.39 is 34.3 Å². The first-order valence-electron chi connectivity index (χ1n) is 15.5. The highest BCUT2D eigenvalue weighted by molar-refractivity contribution is 7.92. The number of carbonyl (C=O) groups excluding carboxylic acids is 2. The van der Waals surface area contributed by atoms with E-state index in [0.717, 1.165) is 66.2 Å². The van der Waals surface area contributed by atoms with Gasteiger partial charge in [0, 0.05) is 29.1 Å². The zero-order valence-electron chi connectivity index (χ0n) is 25.7. The first-order chi connectivity index (χ1) is 22.6. The van der Waals surface area contributed by atoms with E-state index in [1.807, 2.05) is 30.3 Å². The monoisotopic (exact) mass is 695 g/mol. The average Bonchev–Trinajstić information content (AvgIpc) is 3.07. The molecule has 0 bridgehead atoms. The van der Waals surface area contributed by atoms with E-state index in [4.69, 9.17) is 23.2 Å². The second-order valence-electron chi connectivity index (χ2n) is 11.6. The summed E-state index contributed by atoms with van der Waals surface area (Å²) in [6, 6.07) is 25.9. The number of carbonyl (C=O) groups is 2. The van der Waals surface area contributed by atoms with Crippen LogP contribution in [0.4, 0.5) is 10.1 Å². The van der Waals surface area contributed by atoms with E-state index in [1.54, 1.807) is 48.5 Å². The summed E-state index contributed by atoms with van der Waals surface area (Å²) in [6.45, 7) is -0.708. The van der Waals surface area contributed by atoms with Gasteiger partial charge in [0.25, 0.3) is 10.0 Å². The van der Waals surface area contributed by atoms with Crippen LogP contribution >= 0.6 is 23.2 Å². The van der Waals surface area contributed by atoms with E-state index in [0.29, 0.717) is 15.6 Å². The number of rotatable bonds is 12. The summed E-state index contributed by atoms with van der Waals surface area (Å²) in [5, 5.41) is 3.89. The van der Waals surface area contributed by atoms with Gasteiger partial charge < -0.3 is 10.2 Å².